The molecule has 0 spiro atoms. The highest BCUT2D eigenvalue weighted by molar-refractivity contribution is 5.12. The predicted octanol–water partition coefficient (Wildman–Crippen LogP) is 3.79. The number of hydrogen-bond donors (Lipinski definition) is 0. The van der Waals surface area contributed by atoms with Crippen molar-refractivity contribution in [2.75, 3.05) is 0 Å². The van der Waals surface area contributed by atoms with Crippen molar-refractivity contribution in [3.05, 3.63) is 11.6 Å². The monoisotopic (exact) mass is 180 g/mol. The molecule has 12 heavy (non-hydrogen) atoms. The minimum atomic E-state index is -4.17. The molecule has 0 aromatic heterocycles. The molecule has 0 nitrogen and oxygen atoms in total. The second-order valence-corrected chi connectivity index (χ2v) is 3.52. The van der Waals surface area contributed by atoms with Crippen molar-refractivity contribution in [2.45, 2.75) is 33.9 Å². The van der Waals surface area contributed by atoms with E-state index in [9.17, 15) is 13.2 Å². The molecule has 0 aromatic rings. The molecule has 0 aliphatic heterocycles. The lowest BCUT2D eigenvalue weighted by Crippen LogP contribution is -2.17. The maximum absolute atomic E-state index is 12.3. The van der Waals surface area contributed by atoms with Gasteiger partial charge in [0.05, 0.1) is 0 Å². The topological polar surface area (TPSA) is 0 Å². The van der Waals surface area contributed by atoms with Gasteiger partial charge in [0.2, 0.25) is 0 Å². The Balaban J connectivity index is 4.68. The van der Waals surface area contributed by atoms with E-state index >= 15 is 0 Å². The Morgan fingerprint density at radius 3 is 1.58 bits per heavy atom. The minimum absolute atomic E-state index is 0.0518. The predicted molar refractivity (Wildman–Crippen MR) is 43.8 cm³/mol. The lowest BCUT2D eigenvalue weighted by Gasteiger charge is -2.16. The van der Waals surface area contributed by atoms with E-state index in [0.717, 1.165) is 0 Å². The summed E-state index contributed by atoms with van der Waals surface area (Å²) in [6.07, 6.45) is -2.89. The van der Waals surface area contributed by atoms with Crippen LogP contribution in [-0.2, 0) is 0 Å². The van der Waals surface area contributed by atoms with Crippen LogP contribution in [-0.4, -0.2) is 6.18 Å². The molecule has 0 saturated heterocycles. The van der Waals surface area contributed by atoms with Crippen LogP contribution in [0.25, 0.3) is 0 Å². The molecule has 0 N–H and O–H groups in total. The number of halogens is 3. The average molecular weight is 180 g/mol. The first-order chi connectivity index (χ1) is 5.25. The Bertz CT molecular complexity index is 163. The van der Waals surface area contributed by atoms with E-state index in [1.165, 1.54) is 6.08 Å². The average Bonchev–Trinajstić information content (AvgIpc) is 1.79. The summed E-state index contributed by atoms with van der Waals surface area (Å²) in [5, 5.41) is 0. The third-order valence-electron chi connectivity index (χ3n) is 1.46. The fourth-order valence-corrected chi connectivity index (χ4v) is 0.973. The van der Waals surface area contributed by atoms with E-state index in [1.807, 2.05) is 0 Å². The van der Waals surface area contributed by atoms with Gasteiger partial charge in [-0.3, -0.25) is 0 Å². The van der Waals surface area contributed by atoms with Crippen LogP contribution in [0.3, 0.4) is 0 Å². The summed E-state index contributed by atoms with van der Waals surface area (Å²) in [5.74, 6) is -0.503. The first kappa shape index (κ1) is 11.5. The van der Waals surface area contributed by atoms with Crippen LogP contribution in [0.5, 0.6) is 0 Å². The molecule has 0 aliphatic carbocycles. The summed E-state index contributed by atoms with van der Waals surface area (Å²) in [4.78, 5) is 0. The third kappa shape index (κ3) is 3.79. The molecule has 0 aliphatic rings. The molecule has 0 saturated carbocycles. The molecule has 0 unspecified atom stereocenters. The zero-order chi connectivity index (χ0) is 9.94. The highest BCUT2D eigenvalue weighted by atomic mass is 19.4. The van der Waals surface area contributed by atoms with Crippen LogP contribution in [0.2, 0.25) is 0 Å². The van der Waals surface area contributed by atoms with E-state index < -0.39 is 17.7 Å². The van der Waals surface area contributed by atoms with E-state index in [4.69, 9.17) is 0 Å². The van der Waals surface area contributed by atoms with Crippen molar-refractivity contribution < 1.29 is 13.2 Å². The molecule has 0 bridgehead atoms. The molecular formula is C9H15F3. The molecule has 0 atom stereocenters. The van der Waals surface area contributed by atoms with Crippen molar-refractivity contribution in [3.63, 3.8) is 0 Å². The molecule has 0 heterocycles. The fraction of sp³-hybridized carbons (Fsp3) is 0.778. The van der Waals surface area contributed by atoms with Crippen molar-refractivity contribution in [3.8, 4) is 0 Å². The lowest BCUT2D eigenvalue weighted by molar-refractivity contribution is -0.0981. The molecule has 0 fully saturated rings. The Morgan fingerprint density at radius 2 is 1.50 bits per heavy atom. The van der Waals surface area contributed by atoms with Gasteiger partial charge in [0.25, 0.3) is 0 Å². The van der Waals surface area contributed by atoms with E-state index in [-0.39, 0.29) is 5.92 Å². The van der Waals surface area contributed by atoms with Crippen molar-refractivity contribution in [1.82, 2.24) is 0 Å². The molecule has 72 valence electrons. The van der Waals surface area contributed by atoms with Crippen LogP contribution in [0.15, 0.2) is 11.6 Å². The Kier molecular flexibility index (Phi) is 3.81. The third-order valence-corrected chi connectivity index (χ3v) is 1.46. The molecule has 0 radical (unpaired) electrons. The largest absolute Gasteiger partial charge is 0.412 e. The molecule has 0 amide bonds. The molecular weight excluding hydrogens is 165 g/mol. The Labute approximate surface area is 71.5 Å². The van der Waals surface area contributed by atoms with E-state index in [1.54, 1.807) is 27.7 Å². The minimum Gasteiger partial charge on any atom is -0.166 e. The summed E-state index contributed by atoms with van der Waals surface area (Å²) in [6, 6.07) is 0. The van der Waals surface area contributed by atoms with Crippen LogP contribution >= 0.6 is 0 Å². The quantitative estimate of drug-likeness (QED) is 0.567. The number of alkyl halides is 3. The number of rotatable bonds is 2. The van der Waals surface area contributed by atoms with Gasteiger partial charge in [-0.15, -0.1) is 0 Å². The van der Waals surface area contributed by atoms with Gasteiger partial charge in [-0.2, -0.15) is 13.2 Å². The summed E-state index contributed by atoms with van der Waals surface area (Å²) in [5.41, 5.74) is -0.419. The van der Waals surface area contributed by atoms with Crippen LogP contribution in [0.4, 0.5) is 13.2 Å². The van der Waals surface area contributed by atoms with Gasteiger partial charge in [-0.25, -0.2) is 0 Å². The van der Waals surface area contributed by atoms with Gasteiger partial charge in [0.1, 0.15) is 0 Å². The zero-order valence-corrected chi connectivity index (χ0v) is 7.87. The summed E-state index contributed by atoms with van der Waals surface area (Å²) in [6.45, 7) is 6.60. The molecule has 0 rings (SSSR count). The summed E-state index contributed by atoms with van der Waals surface area (Å²) < 4.78 is 36.8. The van der Waals surface area contributed by atoms with Gasteiger partial charge in [-0.05, 0) is 11.8 Å². The van der Waals surface area contributed by atoms with Crippen molar-refractivity contribution in [1.29, 1.82) is 0 Å². The highest BCUT2D eigenvalue weighted by Crippen LogP contribution is 2.31. The summed E-state index contributed by atoms with van der Waals surface area (Å²) >= 11 is 0. The molecule has 0 aromatic carbocycles. The summed E-state index contributed by atoms with van der Waals surface area (Å²) in [7, 11) is 0. The van der Waals surface area contributed by atoms with E-state index in [0.29, 0.717) is 0 Å². The molecule has 3 heteroatoms. The Morgan fingerprint density at radius 1 is 1.08 bits per heavy atom. The maximum atomic E-state index is 12.3. The standard InChI is InChI=1S/C9H15F3/c1-6(2)5-8(7(3)4)9(10,11)12/h5-7H,1-4H3/b8-5-. The van der Waals surface area contributed by atoms with Gasteiger partial charge in [0.15, 0.2) is 0 Å². The highest BCUT2D eigenvalue weighted by Gasteiger charge is 2.34. The first-order valence-corrected chi connectivity index (χ1v) is 4.04. The number of hydrogen-bond acceptors (Lipinski definition) is 0. The van der Waals surface area contributed by atoms with Gasteiger partial charge in [-0.1, -0.05) is 33.8 Å². The normalized spacial score (nSPS) is 14.6. The number of allylic oxidation sites excluding steroid dienone is 2. The van der Waals surface area contributed by atoms with E-state index in [2.05, 4.69) is 0 Å². The van der Waals surface area contributed by atoms with Crippen LogP contribution in [0, 0.1) is 11.8 Å². The van der Waals surface area contributed by atoms with Crippen LogP contribution < -0.4 is 0 Å². The lowest BCUT2D eigenvalue weighted by atomic mass is 9.99. The fourth-order valence-electron chi connectivity index (χ4n) is 0.973. The van der Waals surface area contributed by atoms with Crippen molar-refractivity contribution in [2.24, 2.45) is 11.8 Å². The Hall–Kier alpha value is -0.470. The van der Waals surface area contributed by atoms with Gasteiger partial charge < -0.3 is 0 Å². The smallest absolute Gasteiger partial charge is 0.166 e. The SMILES string of the molecule is CC(C)/C=C(/C(C)C)C(F)(F)F. The second-order valence-electron chi connectivity index (χ2n) is 3.52. The maximum Gasteiger partial charge on any atom is 0.412 e. The second kappa shape index (κ2) is 3.97. The zero-order valence-electron chi connectivity index (χ0n) is 7.87. The van der Waals surface area contributed by atoms with Gasteiger partial charge in [0, 0.05) is 5.57 Å². The first-order valence-electron chi connectivity index (χ1n) is 4.04. The van der Waals surface area contributed by atoms with Gasteiger partial charge >= 0.3 is 6.18 Å². The van der Waals surface area contributed by atoms with Crippen LogP contribution in [0.1, 0.15) is 27.7 Å². The van der Waals surface area contributed by atoms with Crippen molar-refractivity contribution >= 4 is 0 Å².